The molecule has 0 radical (unpaired) electrons. The molecule has 0 spiro atoms. The first-order chi connectivity index (χ1) is 9.31. The largest absolute Gasteiger partial charge is 0.493 e. The second-order valence-electron chi connectivity index (χ2n) is 4.50. The van der Waals surface area contributed by atoms with Crippen molar-refractivity contribution in [3.8, 4) is 11.5 Å². The summed E-state index contributed by atoms with van der Waals surface area (Å²) >= 11 is 0. The van der Waals surface area contributed by atoms with Crippen LogP contribution in [0.25, 0.3) is 0 Å². The molecule has 108 valence electrons. The minimum Gasteiger partial charge on any atom is -0.493 e. The Kier molecular flexibility index (Phi) is 8.02. The van der Waals surface area contributed by atoms with E-state index in [2.05, 4.69) is 5.32 Å². The molecular weight excluding hydrogens is 242 g/mol. The lowest BCUT2D eigenvalue weighted by atomic mass is 10.2. The van der Waals surface area contributed by atoms with Crippen LogP contribution in [-0.2, 0) is 6.54 Å². The van der Waals surface area contributed by atoms with E-state index in [9.17, 15) is 0 Å². The van der Waals surface area contributed by atoms with Crippen LogP contribution in [0.1, 0.15) is 31.2 Å². The molecule has 4 heteroatoms. The van der Waals surface area contributed by atoms with Crippen molar-refractivity contribution in [3.05, 3.63) is 23.8 Å². The average Bonchev–Trinajstić information content (AvgIpc) is 2.44. The molecule has 1 aromatic carbocycles. The Bertz CT molecular complexity index is 355. The van der Waals surface area contributed by atoms with Gasteiger partial charge in [-0.2, -0.15) is 0 Å². The van der Waals surface area contributed by atoms with E-state index in [1.807, 2.05) is 25.2 Å². The quantitative estimate of drug-likeness (QED) is 0.639. The van der Waals surface area contributed by atoms with E-state index >= 15 is 0 Å². The monoisotopic (exact) mass is 267 g/mol. The number of hydrogen-bond acceptors (Lipinski definition) is 4. The first-order valence-corrected chi connectivity index (χ1v) is 6.87. The third-order valence-electron chi connectivity index (χ3n) is 2.92. The molecule has 0 bridgehead atoms. The maximum absolute atomic E-state index is 8.69. The van der Waals surface area contributed by atoms with Crippen molar-refractivity contribution >= 4 is 0 Å². The van der Waals surface area contributed by atoms with Crippen molar-refractivity contribution in [3.63, 3.8) is 0 Å². The van der Waals surface area contributed by atoms with Gasteiger partial charge in [0.05, 0.1) is 13.7 Å². The minimum absolute atomic E-state index is 0.279. The van der Waals surface area contributed by atoms with Crippen LogP contribution in [-0.4, -0.2) is 32.5 Å². The van der Waals surface area contributed by atoms with E-state index in [1.165, 1.54) is 5.56 Å². The number of nitrogens with one attached hydrogen (secondary N) is 1. The van der Waals surface area contributed by atoms with Crippen LogP contribution in [0.3, 0.4) is 0 Å². The standard InChI is InChI=1S/C15H25NO3/c1-16-12-13-7-8-14(15(11-13)18-2)19-10-6-4-3-5-9-17/h7-8,11,16-17H,3-6,9-10,12H2,1-2H3. The van der Waals surface area contributed by atoms with Crippen LogP contribution >= 0.6 is 0 Å². The summed E-state index contributed by atoms with van der Waals surface area (Å²) < 4.78 is 11.1. The van der Waals surface area contributed by atoms with Crippen LogP contribution in [0.15, 0.2) is 18.2 Å². The Morgan fingerprint density at radius 3 is 2.58 bits per heavy atom. The van der Waals surface area contributed by atoms with Gasteiger partial charge in [-0.3, -0.25) is 0 Å². The number of rotatable bonds is 10. The summed E-state index contributed by atoms with van der Waals surface area (Å²) in [6.45, 7) is 1.78. The van der Waals surface area contributed by atoms with Gasteiger partial charge < -0.3 is 19.9 Å². The van der Waals surface area contributed by atoms with Gasteiger partial charge in [-0.05, 0) is 44.0 Å². The summed E-state index contributed by atoms with van der Waals surface area (Å²) in [4.78, 5) is 0. The Morgan fingerprint density at radius 2 is 1.89 bits per heavy atom. The van der Waals surface area contributed by atoms with E-state index in [0.29, 0.717) is 6.61 Å². The first kappa shape index (κ1) is 15.8. The van der Waals surface area contributed by atoms with E-state index in [1.54, 1.807) is 7.11 Å². The van der Waals surface area contributed by atoms with Crippen molar-refractivity contribution in [2.75, 3.05) is 27.4 Å². The number of unbranched alkanes of at least 4 members (excludes halogenated alkanes) is 3. The molecular formula is C15H25NO3. The van der Waals surface area contributed by atoms with Gasteiger partial charge in [0.15, 0.2) is 11.5 Å². The molecule has 0 unspecified atom stereocenters. The summed E-state index contributed by atoms with van der Waals surface area (Å²) in [5.41, 5.74) is 1.18. The second kappa shape index (κ2) is 9.64. The van der Waals surface area contributed by atoms with E-state index in [4.69, 9.17) is 14.6 Å². The van der Waals surface area contributed by atoms with Crippen molar-refractivity contribution in [1.29, 1.82) is 0 Å². The highest BCUT2D eigenvalue weighted by molar-refractivity contribution is 5.42. The molecule has 0 aliphatic carbocycles. The van der Waals surface area contributed by atoms with Gasteiger partial charge in [0.1, 0.15) is 0 Å². The molecule has 0 saturated heterocycles. The summed E-state index contributed by atoms with van der Waals surface area (Å²) in [6.07, 6.45) is 4.02. The van der Waals surface area contributed by atoms with Gasteiger partial charge in [-0.25, -0.2) is 0 Å². The van der Waals surface area contributed by atoms with Crippen LogP contribution in [0.4, 0.5) is 0 Å². The highest BCUT2D eigenvalue weighted by Gasteiger charge is 2.05. The van der Waals surface area contributed by atoms with Crippen molar-refractivity contribution in [2.45, 2.75) is 32.2 Å². The van der Waals surface area contributed by atoms with E-state index in [-0.39, 0.29) is 6.61 Å². The summed E-state index contributed by atoms with van der Waals surface area (Å²) in [5.74, 6) is 1.58. The molecule has 0 heterocycles. The van der Waals surface area contributed by atoms with Gasteiger partial charge in [0.2, 0.25) is 0 Å². The minimum atomic E-state index is 0.279. The number of ether oxygens (including phenoxy) is 2. The molecule has 0 fully saturated rings. The molecule has 19 heavy (non-hydrogen) atoms. The fraction of sp³-hybridized carbons (Fsp3) is 0.600. The lowest BCUT2D eigenvalue weighted by Crippen LogP contribution is -2.06. The highest BCUT2D eigenvalue weighted by Crippen LogP contribution is 2.28. The smallest absolute Gasteiger partial charge is 0.161 e. The van der Waals surface area contributed by atoms with Gasteiger partial charge in [0, 0.05) is 13.2 Å². The lowest BCUT2D eigenvalue weighted by molar-refractivity contribution is 0.268. The normalized spacial score (nSPS) is 10.5. The zero-order valence-electron chi connectivity index (χ0n) is 11.9. The fourth-order valence-corrected chi connectivity index (χ4v) is 1.89. The topological polar surface area (TPSA) is 50.7 Å². The maximum atomic E-state index is 8.69. The number of benzene rings is 1. The zero-order chi connectivity index (χ0) is 13.9. The number of aliphatic hydroxyl groups excluding tert-OH is 1. The van der Waals surface area contributed by atoms with Crippen LogP contribution in [0, 0.1) is 0 Å². The molecule has 0 aliphatic heterocycles. The van der Waals surface area contributed by atoms with E-state index in [0.717, 1.165) is 43.7 Å². The predicted molar refractivity (Wildman–Crippen MR) is 76.8 cm³/mol. The fourth-order valence-electron chi connectivity index (χ4n) is 1.89. The second-order valence-corrected chi connectivity index (χ2v) is 4.50. The van der Waals surface area contributed by atoms with Crippen LogP contribution < -0.4 is 14.8 Å². The number of hydrogen-bond donors (Lipinski definition) is 2. The molecule has 4 nitrogen and oxygen atoms in total. The molecule has 0 saturated carbocycles. The maximum Gasteiger partial charge on any atom is 0.161 e. The Balaban J connectivity index is 2.40. The van der Waals surface area contributed by atoms with Crippen molar-refractivity contribution in [1.82, 2.24) is 5.32 Å². The molecule has 1 rings (SSSR count). The molecule has 0 amide bonds. The van der Waals surface area contributed by atoms with Gasteiger partial charge in [0.25, 0.3) is 0 Å². The summed E-state index contributed by atoms with van der Waals surface area (Å²) in [6, 6.07) is 6.00. The van der Waals surface area contributed by atoms with Gasteiger partial charge in [-0.15, -0.1) is 0 Å². The van der Waals surface area contributed by atoms with Crippen molar-refractivity contribution in [2.24, 2.45) is 0 Å². The first-order valence-electron chi connectivity index (χ1n) is 6.87. The Morgan fingerprint density at radius 1 is 1.11 bits per heavy atom. The van der Waals surface area contributed by atoms with Gasteiger partial charge >= 0.3 is 0 Å². The molecule has 0 aromatic heterocycles. The van der Waals surface area contributed by atoms with E-state index < -0.39 is 0 Å². The molecule has 1 aromatic rings. The summed E-state index contributed by atoms with van der Waals surface area (Å²) in [5, 5.41) is 11.8. The third-order valence-corrected chi connectivity index (χ3v) is 2.92. The molecule has 2 N–H and O–H groups in total. The Labute approximate surface area is 115 Å². The third kappa shape index (κ3) is 5.94. The van der Waals surface area contributed by atoms with Crippen LogP contribution in [0.2, 0.25) is 0 Å². The predicted octanol–water partition coefficient (Wildman–Crippen LogP) is 2.35. The average molecular weight is 267 g/mol. The van der Waals surface area contributed by atoms with Crippen molar-refractivity contribution < 1.29 is 14.6 Å². The lowest BCUT2D eigenvalue weighted by Gasteiger charge is -2.12. The Hall–Kier alpha value is -1.26. The zero-order valence-corrected chi connectivity index (χ0v) is 11.9. The molecule has 0 aliphatic rings. The number of methoxy groups -OCH3 is 1. The molecule has 0 atom stereocenters. The number of aliphatic hydroxyl groups is 1. The highest BCUT2D eigenvalue weighted by atomic mass is 16.5. The van der Waals surface area contributed by atoms with Crippen LogP contribution in [0.5, 0.6) is 11.5 Å². The van der Waals surface area contributed by atoms with Gasteiger partial charge in [-0.1, -0.05) is 12.5 Å². The SMILES string of the molecule is CNCc1ccc(OCCCCCCO)c(OC)c1. The summed E-state index contributed by atoms with van der Waals surface area (Å²) in [7, 11) is 3.58.